The van der Waals surface area contributed by atoms with Crippen LogP contribution in [-0.2, 0) is 0 Å². The molecule has 0 amide bonds. The minimum absolute atomic E-state index is 0.0624. The highest BCUT2D eigenvalue weighted by Crippen LogP contribution is 2.53. The van der Waals surface area contributed by atoms with E-state index in [1.54, 1.807) is 12.1 Å². The maximum absolute atomic E-state index is 6.46. The molecule has 3 atom stereocenters. The number of hydrogen-bond donors (Lipinski definition) is 1. The third-order valence-corrected chi connectivity index (χ3v) is 6.05. The third kappa shape index (κ3) is 2.55. The molecule has 0 saturated carbocycles. The molecule has 5 heteroatoms. The Morgan fingerprint density at radius 3 is 2.61 bits per heavy atom. The van der Waals surface area contributed by atoms with Crippen molar-refractivity contribution < 1.29 is 0 Å². The van der Waals surface area contributed by atoms with Crippen LogP contribution in [0.3, 0.4) is 0 Å². The van der Waals surface area contributed by atoms with Crippen LogP contribution >= 0.6 is 46.4 Å². The Bertz CT molecular complexity index is 815. The molecule has 0 fully saturated rings. The van der Waals surface area contributed by atoms with Crippen LogP contribution in [0.15, 0.2) is 42.5 Å². The summed E-state index contributed by atoms with van der Waals surface area (Å²) in [6.45, 7) is 0. The molecule has 0 radical (unpaired) electrons. The van der Waals surface area contributed by atoms with Gasteiger partial charge in [0.1, 0.15) is 0 Å². The number of anilines is 1. The molecular formula is C18H13Cl4N. The molecule has 1 N–H and O–H groups in total. The second kappa shape index (κ2) is 5.89. The highest BCUT2D eigenvalue weighted by atomic mass is 35.5. The highest BCUT2D eigenvalue weighted by molar-refractivity contribution is 6.42. The highest BCUT2D eigenvalue weighted by Gasteiger charge is 2.39. The van der Waals surface area contributed by atoms with E-state index >= 15 is 0 Å². The topological polar surface area (TPSA) is 12.0 Å². The zero-order valence-electron chi connectivity index (χ0n) is 12.0. The molecule has 0 aromatic heterocycles. The van der Waals surface area contributed by atoms with Crippen LogP contribution in [0.1, 0.15) is 29.5 Å². The van der Waals surface area contributed by atoms with Crippen LogP contribution in [0.25, 0.3) is 0 Å². The average molecular weight is 385 g/mol. The second-order valence-corrected chi connectivity index (χ2v) is 7.60. The van der Waals surface area contributed by atoms with Crippen molar-refractivity contribution >= 4 is 52.1 Å². The number of halogens is 4. The Kier molecular flexibility index (Phi) is 4.01. The van der Waals surface area contributed by atoms with Gasteiger partial charge in [0.15, 0.2) is 0 Å². The standard InChI is InChI=1S/C18H13Cl4N/c19-9-7-13-10-3-1-4-11(10)17(23-18(13)15(21)8-9)12-5-2-6-14(20)16(12)22/h1-3,5-8,10-11,17,23H,4H2/t10-,11+,17-/m1/s1. The molecule has 4 rings (SSSR count). The molecule has 23 heavy (non-hydrogen) atoms. The van der Waals surface area contributed by atoms with Gasteiger partial charge in [-0.2, -0.15) is 0 Å². The van der Waals surface area contributed by atoms with Crippen molar-refractivity contribution in [3.8, 4) is 0 Å². The lowest BCUT2D eigenvalue weighted by atomic mass is 9.77. The molecular weight excluding hydrogens is 372 g/mol. The number of benzene rings is 2. The Morgan fingerprint density at radius 1 is 0.957 bits per heavy atom. The Labute approximate surface area is 155 Å². The molecule has 1 heterocycles. The van der Waals surface area contributed by atoms with E-state index in [2.05, 4.69) is 17.5 Å². The fraction of sp³-hybridized carbons (Fsp3) is 0.222. The van der Waals surface area contributed by atoms with Crippen molar-refractivity contribution in [3.63, 3.8) is 0 Å². The lowest BCUT2D eigenvalue weighted by Crippen LogP contribution is -2.29. The first-order valence-electron chi connectivity index (χ1n) is 7.42. The lowest BCUT2D eigenvalue weighted by molar-refractivity contribution is 0.426. The Hall–Kier alpha value is -0.860. The van der Waals surface area contributed by atoms with Crippen molar-refractivity contribution in [1.82, 2.24) is 0 Å². The van der Waals surface area contributed by atoms with Crippen LogP contribution in [0.5, 0.6) is 0 Å². The first-order chi connectivity index (χ1) is 11.1. The Balaban J connectivity index is 1.86. The summed E-state index contributed by atoms with van der Waals surface area (Å²) in [5.74, 6) is 0.649. The summed E-state index contributed by atoms with van der Waals surface area (Å²) in [4.78, 5) is 0. The summed E-state index contributed by atoms with van der Waals surface area (Å²) < 4.78 is 0. The van der Waals surface area contributed by atoms with Crippen LogP contribution < -0.4 is 5.32 Å². The minimum atomic E-state index is 0.0624. The molecule has 118 valence electrons. The summed E-state index contributed by atoms with van der Waals surface area (Å²) in [7, 11) is 0. The fourth-order valence-corrected chi connectivity index (χ4v) is 4.68. The molecule has 0 spiro atoms. The van der Waals surface area contributed by atoms with E-state index in [1.807, 2.05) is 18.2 Å². The van der Waals surface area contributed by atoms with Crippen LogP contribution in [-0.4, -0.2) is 0 Å². The molecule has 2 aliphatic rings. The summed E-state index contributed by atoms with van der Waals surface area (Å²) in [5, 5.41) is 6.04. The average Bonchev–Trinajstić information content (AvgIpc) is 3.00. The SMILES string of the molecule is Clc1cc(Cl)c2c(c1)[C@@H]1C=CC[C@@H]1[C@H](c1cccc(Cl)c1Cl)N2. The van der Waals surface area contributed by atoms with Gasteiger partial charge in [-0.1, -0.05) is 70.7 Å². The maximum Gasteiger partial charge on any atom is 0.0655 e. The van der Waals surface area contributed by atoms with Crippen molar-refractivity contribution in [3.05, 3.63) is 73.7 Å². The predicted octanol–water partition coefficient (Wildman–Crippen LogP) is 7.13. The number of hydrogen-bond acceptors (Lipinski definition) is 1. The Morgan fingerprint density at radius 2 is 1.78 bits per heavy atom. The molecule has 1 aliphatic heterocycles. The summed E-state index contributed by atoms with van der Waals surface area (Å²) >= 11 is 25.3. The fourth-order valence-electron chi connectivity index (χ4n) is 3.69. The van der Waals surface area contributed by atoms with Crippen LogP contribution in [0, 0.1) is 5.92 Å². The zero-order valence-corrected chi connectivity index (χ0v) is 15.0. The van der Waals surface area contributed by atoms with E-state index in [-0.39, 0.29) is 12.0 Å². The van der Waals surface area contributed by atoms with Gasteiger partial charge < -0.3 is 5.32 Å². The van der Waals surface area contributed by atoms with Gasteiger partial charge in [0, 0.05) is 10.9 Å². The molecule has 2 aromatic carbocycles. The van der Waals surface area contributed by atoms with Crippen molar-refractivity contribution in [2.45, 2.75) is 18.4 Å². The minimum Gasteiger partial charge on any atom is -0.376 e. The molecule has 1 aliphatic carbocycles. The summed E-state index contributed by atoms with van der Waals surface area (Å²) in [6, 6.07) is 9.59. The van der Waals surface area contributed by atoms with E-state index in [1.165, 1.54) is 0 Å². The van der Waals surface area contributed by atoms with Gasteiger partial charge in [-0.15, -0.1) is 0 Å². The normalized spacial score (nSPS) is 25.0. The van der Waals surface area contributed by atoms with Crippen molar-refractivity contribution in [2.75, 3.05) is 5.32 Å². The van der Waals surface area contributed by atoms with Gasteiger partial charge >= 0.3 is 0 Å². The number of rotatable bonds is 1. The molecule has 0 unspecified atom stereocenters. The quantitative estimate of drug-likeness (QED) is 0.515. The summed E-state index contributed by atoms with van der Waals surface area (Å²) in [6.07, 6.45) is 5.43. The smallest absolute Gasteiger partial charge is 0.0655 e. The van der Waals surface area contributed by atoms with E-state index in [0.717, 1.165) is 23.2 Å². The van der Waals surface area contributed by atoms with Gasteiger partial charge in [0.05, 0.1) is 26.8 Å². The first kappa shape index (κ1) is 15.7. The van der Waals surface area contributed by atoms with E-state index in [4.69, 9.17) is 46.4 Å². The van der Waals surface area contributed by atoms with Crippen LogP contribution in [0.4, 0.5) is 5.69 Å². The van der Waals surface area contributed by atoms with Gasteiger partial charge in [-0.25, -0.2) is 0 Å². The first-order valence-corrected chi connectivity index (χ1v) is 8.93. The van der Waals surface area contributed by atoms with Crippen molar-refractivity contribution in [1.29, 1.82) is 0 Å². The number of allylic oxidation sites excluding steroid dienone is 2. The number of nitrogens with one attached hydrogen (secondary N) is 1. The monoisotopic (exact) mass is 383 g/mol. The van der Waals surface area contributed by atoms with E-state index < -0.39 is 0 Å². The second-order valence-electron chi connectivity index (χ2n) is 5.97. The van der Waals surface area contributed by atoms with Gasteiger partial charge in [-0.05, 0) is 41.7 Å². The summed E-state index contributed by atoms with van der Waals surface area (Å²) in [5.41, 5.74) is 3.09. The van der Waals surface area contributed by atoms with Crippen LogP contribution in [0.2, 0.25) is 20.1 Å². The predicted molar refractivity (Wildman–Crippen MR) is 99.3 cm³/mol. The molecule has 0 bridgehead atoms. The zero-order chi connectivity index (χ0) is 16.1. The van der Waals surface area contributed by atoms with Crippen molar-refractivity contribution in [2.24, 2.45) is 5.92 Å². The maximum atomic E-state index is 6.46. The third-order valence-electron chi connectivity index (χ3n) is 4.70. The van der Waals surface area contributed by atoms with Gasteiger partial charge in [0.25, 0.3) is 0 Å². The number of fused-ring (bicyclic) bond motifs is 3. The molecule has 1 nitrogen and oxygen atoms in total. The largest absolute Gasteiger partial charge is 0.376 e. The molecule has 2 aromatic rings. The van der Waals surface area contributed by atoms with E-state index in [9.17, 15) is 0 Å². The molecule has 0 saturated heterocycles. The van der Waals surface area contributed by atoms with Gasteiger partial charge in [-0.3, -0.25) is 0 Å². The van der Waals surface area contributed by atoms with E-state index in [0.29, 0.717) is 26.0 Å². The van der Waals surface area contributed by atoms with Gasteiger partial charge in [0.2, 0.25) is 0 Å². The lowest BCUT2D eigenvalue weighted by Gasteiger charge is -2.38.